The van der Waals surface area contributed by atoms with Crippen LogP contribution >= 0.6 is 11.6 Å². The van der Waals surface area contributed by atoms with Gasteiger partial charge in [0.1, 0.15) is 10.9 Å². The molecule has 0 spiro atoms. The Bertz CT molecular complexity index is 1040. The van der Waals surface area contributed by atoms with E-state index in [1.807, 2.05) is 26.0 Å². The fraction of sp³-hybridized carbons (Fsp3) is 0.381. The summed E-state index contributed by atoms with van der Waals surface area (Å²) in [4.78, 5) is 14.1. The van der Waals surface area contributed by atoms with Crippen LogP contribution in [0.4, 0.5) is 0 Å². The SMILES string of the molecule is CC1(C)Cc2cccc(OCC(=O)N3CC(S(=O)(=O)c4ccc(Cl)cc4)C3)c2O1. The van der Waals surface area contributed by atoms with Gasteiger partial charge in [-0.3, -0.25) is 4.79 Å². The molecule has 0 atom stereocenters. The number of benzene rings is 2. The maximum absolute atomic E-state index is 12.6. The van der Waals surface area contributed by atoms with Gasteiger partial charge in [-0.25, -0.2) is 8.42 Å². The Labute approximate surface area is 175 Å². The molecule has 8 heteroatoms. The summed E-state index contributed by atoms with van der Waals surface area (Å²) in [6, 6.07) is 11.7. The molecule has 154 valence electrons. The standard InChI is InChI=1S/C21H22ClNO5S/c1-21(2)10-14-4-3-5-18(20(14)28-21)27-13-19(24)23-11-17(12-23)29(25,26)16-8-6-15(22)7-9-16/h3-9,17H,10-13H2,1-2H3. The molecule has 6 nitrogen and oxygen atoms in total. The molecule has 0 saturated carbocycles. The quantitative estimate of drug-likeness (QED) is 0.721. The van der Waals surface area contributed by atoms with Gasteiger partial charge in [0.15, 0.2) is 27.9 Å². The minimum absolute atomic E-state index is 0.156. The third-order valence-electron chi connectivity index (χ3n) is 5.19. The summed E-state index contributed by atoms with van der Waals surface area (Å²) in [6.07, 6.45) is 0.782. The molecule has 29 heavy (non-hydrogen) atoms. The van der Waals surface area contributed by atoms with E-state index in [-0.39, 0.29) is 36.1 Å². The van der Waals surface area contributed by atoms with Crippen molar-refractivity contribution in [1.29, 1.82) is 0 Å². The van der Waals surface area contributed by atoms with Crippen molar-refractivity contribution >= 4 is 27.3 Å². The fourth-order valence-electron chi connectivity index (χ4n) is 3.59. The highest BCUT2D eigenvalue weighted by Gasteiger charge is 2.40. The molecule has 0 bridgehead atoms. The molecule has 0 unspecified atom stereocenters. The minimum Gasteiger partial charge on any atom is -0.483 e. The molecule has 0 N–H and O–H groups in total. The number of hydrogen-bond acceptors (Lipinski definition) is 5. The number of nitrogens with zero attached hydrogens (tertiary/aromatic N) is 1. The second-order valence-corrected chi connectivity index (χ2v) is 10.7. The number of fused-ring (bicyclic) bond motifs is 1. The lowest BCUT2D eigenvalue weighted by Gasteiger charge is -2.38. The van der Waals surface area contributed by atoms with Crippen LogP contribution in [0.25, 0.3) is 0 Å². The molecule has 2 aromatic carbocycles. The largest absolute Gasteiger partial charge is 0.483 e. The minimum atomic E-state index is -3.49. The van der Waals surface area contributed by atoms with Gasteiger partial charge in [0.25, 0.3) is 5.91 Å². The first-order valence-corrected chi connectivity index (χ1v) is 11.3. The van der Waals surface area contributed by atoms with E-state index < -0.39 is 15.1 Å². The average molecular weight is 436 g/mol. The van der Waals surface area contributed by atoms with E-state index in [0.717, 1.165) is 12.0 Å². The van der Waals surface area contributed by atoms with Crippen molar-refractivity contribution in [2.75, 3.05) is 19.7 Å². The molecule has 1 amide bonds. The Hall–Kier alpha value is -2.25. The monoisotopic (exact) mass is 435 g/mol. The first-order chi connectivity index (χ1) is 13.7. The third-order valence-corrected chi connectivity index (χ3v) is 7.54. The maximum Gasteiger partial charge on any atom is 0.260 e. The van der Waals surface area contributed by atoms with Crippen LogP contribution in [0.1, 0.15) is 19.4 Å². The van der Waals surface area contributed by atoms with E-state index in [0.29, 0.717) is 16.5 Å². The van der Waals surface area contributed by atoms with Crippen LogP contribution in [-0.4, -0.2) is 49.8 Å². The number of carbonyl (C=O) groups excluding carboxylic acids is 1. The van der Waals surface area contributed by atoms with Gasteiger partial charge >= 0.3 is 0 Å². The highest BCUT2D eigenvalue weighted by molar-refractivity contribution is 7.92. The topological polar surface area (TPSA) is 72.9 Å². The molecular formula is C21H22ClNO5S. The van der Waals surface area contributed by atoms with E-state index in [1.54, 1.807) is 18.2 Å². The summed E-state index contributed by atoms with van der Waals surface area (Å²) in [7, 11) is -3.49. The maximum atomic E-state index is 12.6. The molecular weight excluding hydrogens is 414 g/mol. The van der Waals surface area contributed by atoms with Crippen molar-refractivity contribution in [2.24, 2.45) is 0 Å². The summed E-state index contributed by atoms with van der Waals surface area (Å²) < 4.78 is 36.9. The second kappa shape index (κ2) is 7.22. The first-order valence-electron chi connectivity index (χ1n) is 9.37. The summed E-state index contributed by atoms with van der Waals surface area (Å²) in [5, 5.41) is -0.135. The fourth-order valence-corrected chi connectivity index (χ4v) is 5.37. The predicted octanol–water partition coefficient (Wildman–Crippen LogP) is 3.12. The number of halogens is 1. The molecule has 0 radical (unpaired) electrons. The summed E-state index contributed by atoms with van der Waals surface area (Å²) in [5.41, 5.74) is 0.755. The van der Waals surface area contributed by atoms with Gasteiger partial charge in [0.2, 0.25) is 0 Å². The number of likely N-dealkylation sites (tertiary alicyclic amines) is 1. The lowest BCUT2D eigenvalue weighted by molar-refractivity contribution is -0.136. The number of ether oxygens (including phenoxy) is 2. The lowest BCUT2D eigenvalue weighted by Crippen LogP contribution is -2.57. The Kier molecular flexibility index (Phi) is 4.99. The van der Waals surface area contributed by atoms with Crippen LogP contribution in [0, 0.1) is 0 Å². The van der Waals surface area contributed by atoms with Crippen LogP contribution in [0.5, 0.6) is 11.5 Å². The van der Waals surface area contributed by atoms with Crippen molar-refractivity contribution in [3.8, 4) is 11.5 Å². The predicted molar refractivity (Wildman–Crippen MR) is 109 cm³/mol. The van der Waals surface area contributed by atoms with Gasteiger partial charge in [0, 0.05) is 30.1 Å². The van der Waals surface area contributed by atoms with Gasteiger partial charge in [-0.15, -0.1) is 0 Å². The van der Waals surface area contributed by atoms with Crippen molar-refractivity contribution in [2.45, 2.75) is 36.0 Å². The van der Waals surface area contributed by atoms with E-state index >= 15 is 0 Å². The number of amides is 1. The van der Waals surface area contributed by atoms with Crippen LogP contribution in [0.15, 0.2) is 47.4 Å². The molecule has 2 aliphatic rings. The number of para-hydroxylation sites is 1. The average Bonchev–Trinajstić information content (AvgIpc) is 2.93. The van der Waals surface area contributed by atoms with Gasteiger partial charge in [-0.1, -0.05) is 23.7 Å². The summed E-state index contributed by atoms with van der Waals surface area (Å²) in [6.45, 7) is 4.16. The number of carbonyl (C=O) groups is 1. The number of sulfone groups is 1. The zero-order valence-electron chi connectivity index (χ0n) is 16.2. The summed E-state index contributed by atoms with van der Waals surface area (Å²) in [5.74, 6) is 0.965. The first kappa shape index (κ1) is 20.0. The van der Waals surface area contributed by atoms with Crippen LogP contribution < -0.4 is 9.47 Å². The van der Waals surface area contributed by atoms with Crippen molar-refractivity contribution in [1.82, 2.24) is 4.90 Å². The van der Waals surface area contributed by atoms with Crippen LogP contribution in [0.2, 0.25) is 5.02 Å². The molecule has 1 fully saturated rings. The Morgan fingerprint density at radius 2 is 1.90 bits per heavy atom. The third kappa shape index (κ3) is 3.94. The van der Waals surface area contributed by atoms with E-state index in [2.05, 4.69) is 0 Å². The smallest absolute Gasteiger partial charge is 0.260 e. The highest BCUT2D eigenvalue weighted by Crippen LogP contribution is 2.41. The number of rotatable bonds is 5. The zero-order valence-corrected chi connectivity index (χ0v) is 17.8. The molecule has 0 aromatic heterocycles. The Morgan fingerprint density at radius 3 is 2.59 bits per heavy atom. The Morgan fingerprint density at radius 1 is 1.21 bits per heavy atom. The van der Waals surface area contributed by atoms with E-state index in [1.165, 1.54) is 17.0 Å². The van der Waals surface area contributed by atoms with Crippen molar-refractivity contribution in [3.05, 3.63) is 53.1 Å². The van der Waals surface area contributed by atoms with Gasteiger partial charge < -0.3 is 14.4 Å². The van der Waals surface area contributed by atoms with Gasteiger partial charge in [-0.05, 0) is 44.2 Å². The summed E-state index contributed by atoms with van der Waals surface area (Å²) >= 11 is 5.82. The van der Waals surface area contributed by atoms with Crippen LogP contribution in [0.3, 0.4) is 0 Å². The molecule has 2 aromatic rings. The van der Waals surface area contributed by atoms with E-state index in [9.17, 15) is 13.2 Å². The van der Waals surface area contributed by atoms with Gasteiger partial charge in [0.05, 0.1) is 4.90 Å². The van der Waals surface area contributed by atoms with Crippen LogP contribution in [-0.2, 0) is 21.1 Å². The molecule has 2 heterocycles. The molecule has 0 aliphatic carbocycles. The highest BCUT2D eigenvalue weighted by atomic mass is 35.5. The Balaban J connectivity index is 1.34. The normalized spacial score (nSPS) is 18.0. The zero-order chi connectivity index (χ0) is 20.8. The van der Waals surface area contributed by atoms with Crippen molar-refractivity contribution < 1.29 is 22.7 Å². The van der Waals surface area contributed by atoms with Gasteiger partial charge in [-0.2, -0.15) is 0 Å². The van der Waals surface area contributed by atoms with Crippen molar-refractivity contribution in [3.63, 3.8) is 0 Å². The van der Waals surface area contributed by atoms with E-state index in [4.69, 9.17) is 21.1 Å². The second-order valence-electron chi connectivity index (χ2n) is 7.99. The molecule has 4 rings (SSSR count). The molecule has 1 saturated heterocycles. The lowest BCUT2D eigenvalue weighted by atomic mass is 10.0. The number of hydrogen-bond donors (Lipinski definition) is 0. The molecule has 2 aliphatic heterocycles.